The van der Waals surface area contributed by atoms with Gasteiger partial charge in [-0.15, -0.1) is 0 Å². The fourth-order valence-corrected chi connectivity index (χ4v) is 2.95. The third-order valence-electron chi connectivity index (χ3n) is 3.83. The van der Waals surface area contributed by atoms with Crippen molar-refractivity contribution in [2.75, 3.05) is 25.2 Å². The van der Waals surface area contributed by atoms with E-state index < -0.39 is 17.9 Å². The molecule has 8 heteroatoms. The summed E-state index contributed by atoms with van der Waals surface area (Å²) in [7, 11) is 0. The van der Waals surface area contributed by atoms with Crippen LogP contribution in [0.25, 0.3) is 0 Å². The van der Waals surface area contributed by atoms with Gasteiger partial charge < -0.3 is 25.4 Å². The number of aliphatic hydroxyl groups is 1. The smallest absolute Gasteiger partial charge is 0.328 e. The maximum absolute atomic E-state index is 12.3. The van der Waals surface area contributed by atoms with Gasteiger partial charge in [0.15, 0.2) is 0 Å². The molecule has 0 bridgehead atoms. The number of aliphatic hydroxyl groups excluding tert-OH is 1. The van der Waals surface area contributed by atoms with Crippen molar-refractivity contribution in [3.8, 4) is 11.5 Å². The molecule has 1 aromatic rings. The number of benzene rings is 1. The monoisotopic (exact) mass is 385 g/mol. The van der Waals surface area contributed by atoms with E-state index in [9.17, 15) is 24.9 Å². The fourth-order valence-electron chi connectivity index (χ4n) is 2.48. The Balaban J connectivity index is 2.67. The maximum Gasteiger partial charge on any atom is 0.328 e. The molecule has 1 amide bonds. The number of carbonyl (C=O) groups is 2. The summed E-state index contributed by atoms with van der Waals surface area (Å²) in [6.07, 6.45) is 2.65. The highest BCUT2D eigenvalue weighted by Gasteiger charge is 2.23. The molecule has 0 aliphatic heterocycles. The molecule has 1 rings (SSSR count). The molecule has 1 aromatic carbocycles. The minimum absolute atomic E-state index is 0.00594. The molecule has 2 atom stereocenters. The van der Waals surface area contributed by atoms with Crippen LogP contribution in [0.3, 0.4) is 0 Å². The number of amides is 1. The molecule has 4 N–H and O–H groups in total. The van der Waals surface area contributed by atoms with Crippen molar-refractivity contribution < 1.29 is 29.6 Å². The third-order valence-corrected chi connectivity index (χ3v) is 4.47. The Morgan fingerprint density at radius 2 is 2.04 bits per heavy atom. The Labute approximate surface area is 157 Å². The van der Waals surface area contributed by atoms with Gasteiger partial charge in [0.05, 0.1) is 6.61 Å². The molecule has 0 aromatic heterocycles. The van der Waals surface area contributed by atoms with Crippen LogP contribution in [-0.2, 0) is 20.7 Å². The van der Waals surface area contributed by atoms with E-state index in [1.54, 1.807) is 24.8 Å². The predicted octanol–water partition coefficient (Wildman–Crippen LogP) is 1.44. The van der Waals surface area contributed by atoms with Crippen molar-refractivity contribution in [2.24, 2.45) is 5.92 Å². The lowest BCUT2D eigenvalue weighted by molar-refractivity contribution is -0.147. The summed E-state index contributed by atoms with van der Waals surface area (Å²) < 4.78 is 4.99. The number of esters is 1. The highest BCUT2D eigenvalue weighted by atomic mass is 32.2. The summed E-state index contributed by atoms with van der Waals surface area (Å²) in [6, 6.07) is 3.48. The van der Waals surface area contributed by atoms with E-state index in [2.05, 4.69) is 5.32 Å². The maximum atomic E-state index is 12.3. The van der Waals surface area contributed by atoms with Gasteiger partial charge in [-0.2, -0.15) is 11.8 Å². The summed E-state index contributed by atoms with van der Waals surface area (Å²) in [4.78, 5) is 24.2. The first-order valence-electron chi connectivity index (χ1n) is 8.47. The predicted molar refractivity (Wildman–Crippen MR) is 100 cm³/mol. The molecule has 7 nitrogen and oxygen atoms in total. The topological polar surface area (TPSA) is 116 Å². The Kier molecular flexibility index (Phi) is 9.90. The number of carbonyl (C=O) groups excluding carboxylic acids is 2. The van der Waals surface area contributed by atoms with E-state index >= 15 is 0 Å². The van der Waals surface area contributed by atoms with Crippen LogP contribution < -0.4 is 5.32 Å². The molecule has 0 fully saturated rings. The van der Waals surface area contributed by atoms with Crippen molar-refractivity contribution in [1.29, 1.82) is 0 Å². The second-order valence-electron chi connectivity index (χ2n) is 5.92. The molecule has 0 radical (unpaired) electrons. The van der Waals surface area contributed by atoms with Gasteiger partial charge >= 0.3 is 5.97 Å². The lowest BCUT2D eigenvalue weighted by Gasteiger charge is -2.19. The van der Waals surface area contributed by atoms with Crippen LogP contribution in [0.15, 0.2) is 18.2 Å². The Morgan fingerprint density at radius 1 is 1.31 bits per heavy atom. The van der Waals surface area contributed by atoms with Gasteiger partial charge in [-0.25, -0.2) is 4.79 Å². The summed E-state index contributed by atoms with van der Waals surface area (Å²) >= 11 is 1.57. The summed E-state index contributed by atoms with van der Waals surface area (Å²) in [5.74, 6) is -0.694. The second kappa shape index (κ2) is 11.6. The molecule has 0 heterocycles. The van der Waals surface area contributed by atoms with Gasteiger partial charge in [-0.3, -0.25) is 4.79 Å². The first kappa shape index (κ1) is 22.1. The lowest BCUT2D eigenvalue weighted by atomic mass is 9.95. The molecule has 0 spiro atoms. The standard InChI is InChI=1S/C18H27NO6S/c1-3-25-18(24)15(6-7-26-2)19-17(23)9-12(11-20)8-13-4-5-14(21)10-16(13)22/h4-5,10,12,15,20-22H,3,6-9,11H2,1-2H3,(H,19,23)/t12?,15-/m0/s1. The van der Waals surface area contributed by atoms with E-state index in [4.69, 9.17) is 4.74 Å². The van der Waals surface area contributed by atoms with E-state index in [1.165, 1.54) is 12.1 Å². The highest BCUT2D eigenvalue weighted by Crippen LogP contribution is 2.25. The average molecular weight is 385 g/mol. The lowest BCUT2D eigenvalue weighted by Crippen LogP contribution is -2.43. The summed E-state index contributed by atoms with van der Waals surface area (Å²) in [5, 5.41) is 31.4. The largest absolute Gasteiger partial charge is 0.508 e. The number of ether oxygens (including phenoxy) is 1. The number of rotatable bonds is 11. The van der Waals surface area contributed by atoms with Crippen LogP contribution in [0.5, 0.6) is 11.5 Å². The van der Waals surface area contributed by atoms with E-state index in [1.807, 2.05) is 6.26 Å². The molecule has 26 heavy (non-hydrogen) atoms. The zero-order valence-electron chi connectivity index (χ0n) is 15.1. The van der Waals surface area contributed by atoms with Gasteiger partial charge in [0, 0.05) is 19.1 Å². The SMILES string of the molecule is CCOC(=O)[C@H](CCSC)NC(=O)CC(CO)Cc1ccc(O)cc1O. The number of hydrogen-bond donors (Lipinski definition) is 4. The molecular weight excluding hydrogens is 358 g/mol. The van der Waals surface area contributed by atoms with Crippen LogP contribution >= 0.6 is 11.8 Å². The van der Waals surface area contributed by atoms with Crippen molar-refractivity contribution >= 4 is 23.6 Å². The summed E-state index contributed by atoms with van der Waals surface area (Å²) in [6.45, 7) is 1.70. The quantitative estimate of drug-likeness (QED) is 0.426. The molecular formula is C18H27NO6S. The molecule has 1 unspecified atom stereocenters. The Morgan fingerprint density at radius 3 is 2.62 bits per heavy atom. The zero-order chi connectivity index (χ0) is 19.5. The van der Waals surface area contributed by atoms with Crippen LogP contribution in [0.4, 0.5) is 0 Å². The normalized spacial score (nSPS) is 13.0. The first-order valence-corrected chi connectivity index (χ1v) is 9.87. The number of thioether (sulfide) groups is 1. The summed E-state index contributed by atoms with van der Waals surface area (Å²) in [5.41, 5.74) is 0.527. The molecule has 0 aliphatic rings. The zero-order valence-corrected chi connectivity index (χ0v) is 15.9. The fraction of sp³-hybridized carbons (Fsp3) is 0.556. The minimum atomic E-state index is -0.712. The van der Waals surface area contributed by atoms with E-state index in [0.29, 0.717) is 17.7 Å². The van der Waals surface area contributed by atoms with Gasteiger partial charge in [0.1, 0.15) is 17.5 Å². The number of phenolic OH excluding ortho intramolecular Hbond substituents is 2. The number of phenols is 2. The van der Waals surface area contributed by atoms with Crippen molar-refractivity contribution in [3.63, 3.8) is 0 Å². The van der Waals surface area contributed by atoms with Crippen LogP contribution in [0, 0.1) is 5.92 Å². The minimum Gasteiger partial charge on any atom is -0.508 e. The van der Waals surface area contributed by atoms with Gasteiger partial charge in [0.25, 0.3) is 0 Å². The molecule has 0 saturated heterocycles. The second-order valence-corrected chi connectivity index (χ2v) is 6.91. The molecule has 146 valence electrons. The Hall–Kier alpha value is -1.93. The van der Waals surface area contributed by atoms with Crippen LogP contribution in [0.1, 0.15) is 25.3 Å². The number of nitrogens with one attached hydrogen (secondary N) is 1. The van der Waals surface area contributed by atoms with Crippen LogP contribution in [0.2, 0.25) is 0 Å². The Bertz CT molecular complexity index is 595. The van der Waals surface area contributed by atoms with Crippen molar-refractivity contribution in [3.05, 3.63) is 23.8 Å². The number of hydrogen-bond acceptors (Lipinski definition) is 7. The van der Waals surface area contributed by atoms with Crippen molar-refractivity contribution in [2.45, 2.75) is 32.2 Å². The van der Waals surface area contributed by atoms with Gasteiger partial charge in [0.2, 0.25) is 5.91 Å². The average Bonchev–Trinajstić information content (AvgIpc) is 2.60. The first-order chi connectivity index (χ1) is 12.4. The van der Waals surface area contributed by atoms with Gasteiger partial charge in [-0.05, 0) is 49.3 Å². The third kappa shape index (κ3) is 7.53. The molecule has 0 saturated carbocycles. The number of aromatic hydroxyl groups is 2. The molecule has 0 aliphatic carbocycles. The van der Waals surface area contributed by atoms with Crippen LogP contribution in [-0.4, -0.2) is 58.5 Å². The van der Waals surface area contributed by atoms with E-state index in [-0.39, 0.29) is 43.5 Å². The van der Waals surface area contributed by atoms with Gasteiger partial charge in [-0.1, -0.05) is 6.07 Å². The highest BCUT2D eigenvalue weighted by molar-refractivity contribution is 7.98. The van der Waals surface area contributed by atoms with E-state index in [0.717, 1.165) is 0 Å². The van der Waals surface area contributed by atoms with Crippen molar-refractivity contribution in [1.82, 2.24) is 5.32 Å².